The van der Waals surface area contributed by atoms with Crippen LogP contribution in [0.15, 0.2) is 17.3 Å². The second-order valence-electron chi connectivity index (χ2n) is 2.80. The van der Waals surface area contributed by atoms with Crippen molar-refractivity contribution in [3.8, 4) is 0 Å². The fraction of sp³-hybridized carbons (Fsp3) is 0.625. The molecule has 0 radical (unpaired) electrons. The Kier molecular flexibility index (Phi) is 2.65. The van der Waals surface area contributed by atoms with Crippen molar-refractivity contribution in [3.63, 3.8) is 0 Å². The second-order valence-corrected chi connectivity index (χ2v) is 2.80. The van der Waals surface area contributed by atoms with Crippen molar-refractivity contribution < 1.29 is 4.84 Å². The SMILES string of the molecule is C=C1CN[C@H](/C(C)=N/OC)C1. The molecule has 1 heterocycles. The minimum Gasteiger partial charge on any atom is -0.399 e. The van der Waals surface area contributed by atoms with E-state index in [-0.39, 0.29) is 0 Å². The molecule has 1 saturated heterocycles. The number of oxime groups is 1. The van der Waals surface area contributed by atoms with Gasteiger partial charge in [0.25, 0.3) is 0 Å². The van der Waals surface area contributed by atoms with Gasteiger partial charge in [0.15, 0.2) is 0 Å². The van der Waals surface area contributed by atoms with E-state index in [0.29, 0.717) is 6.04 Å². The van der Waals surface area contributed by atoms with E-state index in [2.05, 4.69) is 21.9 Å². The maximum atomic E-state index is 4.67. The molecule has 0 amide bonds. The summed E-state index contributed by atoms with van der Waals surface area (Å²) in [6, 6.07) is 0.336. The molecule has 1 aliphatic rings. The molecule has 0 aliphatic carbocycles. The van der Waals surface area contributed by atoms with E-state index in [1.54, 1.807) is 7.11 Å². The highest BCUT2D eigenvalue weighted by Crippen LogP contribution is 2.11. The van der Waals surface area contributed by atoms with Gasteiger partial charge in [0.05, 0.1) is 11.8 Å². The molecule has 62 valence electrons. The molecule has 1 atom stereocenters. The lowest BCUT2D eigenvalue weighted by molar-refractivity contribution is 0.211. The minimum absolute atomic E-state index is 0.336. The summed E-state index contributed by atoms with van der Waals surface area (Å²) in [5.74, 6) is 0. The Bertz CT molecular complexity index is 187. The van der Waals surface area contributed by atoms with Crippen LogP contribution < -0.4 is 5.32 Å². The molecule has 0 spiro atoms. The first-order valence-corrected chi connectivity index (χ1v) is 3.71. The van der Waals surface area contributed by atoms with Crippen LogP contribution >= 0.6 is 0 Å². The van der Waals surface area contributed by atoms with Crippen LogP contribution in [0.4, 0.5) is 0 Å². The summed E-state index contributed by atoms with van der Waals surface area (Å²) in [6.45, 7) is 6.75. The zero-order valence-corrected chi connectivity index (χ0v) is 7.05. The first-order valence-electron chi connectivity index (χ1n) is 3.71. The Labute approximate surface area is 67.1 Å². The standard InChI is InChI=1S/C8H14N2O/c1-6-4-8(9-5-6)7(2)10-11-3/h8-9H,1,4-5H2,2-3H3/b10-7+/t8-/m0/s1. The molecular formula is C8H14N2O. The van der Waals surface area contributed by atoms with Crippen LogP contribution in [-0.4, -0.2) is 25.4 Å². The van der Waals surface area contributed by atoms with Crippen LogP contribution in [0.2, 0.25) is 0 Å². The van der Waals surface area contributed by atoms with E-state index in [9.17, 15) is 0 Å². The van der Waals surface area contributed by atoms with Crippen molar-refractivity contribution in [2.24, 2.45) is 5.16 Å². The van der Waals surface area contributed by atoms with Crippen molar-refractivity contribution >= 4 is 5.71 Å². The van der Waals surface area contributed by atoms with E-state index in [1.165, 1.54) is 5.57 Å². The molecular weight excluding hydrogens is 140 g/mol. The maximum Gasteiger partial charge on any atom is 0.106 e. The van der Waals surface area contributed by atoms with Gasteiger partial charge < -0.3 is 10.2 Å². The van der Waals surface area contributed by atoms with Crippen molar-refractivity contribution in [2.45, 2.75) is 19.4 Å². The first kappa shape index (κ1) is 8.27. The molecule has 0 saturated carbocycles. The Balaban J connectivity index is 2.49. The highest BCUT2D eigenvalue weighted by Gasteiger charge is 2.19. The third kappa shape index (κ3) is 2.05. The maximum absolute atomic E-state index is 4.67. The lowest BCUT2D eigenvalue weighted by Crippen LogP contribution is -2.28. The second kappa shape index (κ2) is 3.53. The topological polar surface area (TPSA) is 33.6 Å². The summed E-state index contributed by atoms with van der Waals surface area (Å²) < 4.78 is 0. The van der Waals surface area contributed by atoms with Gasteiger partial charge in [-0.25, -0.2) is 0 Å². The van der Waals surface area contributed by atoms with Gasteiger partial charge in [-0.15, -0.1) is 0 Å². The zero-order valence-electron chi connectivity index (χ0n) is 7.05. The van der Waals surface area contributed by atoms with Crippen molar-refractivity contribution in [2.75, 3.05) is 13.7 Å². The Morgan fingerprint density at radius 3 is 3.00 bits per heavy atom. The molecule has 0 aromatic heterocycles. The molecule has 3 nitrogen and oxygen atoms in total. The van der Waals surface area contributed by atoms with Crippen LogP contribution in [0, 0.1) is 0 Å². The largest absolute Gasteiger partial charge is 0.399 e. The Morgan fingerprint density at radius 1 is 1.82 bits per heavy atom. The molecule has 0 aromatic carbocycles. The lowest BCUT2D eigenvalue weighted by Gasteiger charge is -2.06. The summed E-state index contributed by atoms with van der Waals surface area (Å²) in [5, 5.41) is 7.13. The normalized spacial score (nSPS) is 25.8. The third-order valence-corrected chi connectivity index (χ3v) is 1.83. The molecule has 1 fully saturated rings. The highest BCUT2D eigenvalue weighted by molar-refractivity contribution is 5.87. The van der Waals surface area contributed by atoms with Crippen LogP contribution in [-0.2, 0) is 4.84 Å². The summed E-state index contributed by atoms with van der Waals surface area (Å²) >= 11 is 0. The highest BCUT2D eigenvalue weighted by atomic mass is 16.6. The summed E-state index contributed by atoms with van der Waals surface area (Å²) in [4.78, 5) is 4.67. The van der Waals surface area contributed by atoms with Gasteiger partial charge in [-0.2, -0.15) is 0 Å². The number of nitrogens with zero attached hydrogens (tertiary/aromatic N) is 1. The van der Waals surface area contributed by atoms with Crippen LogP contribution in [0.25, 0.3) is 0 Å². The number of nitrogens with one attached hydrogen (secondary N) is 1. The van der Waals surface area contributed by atoms with Crippen molar-refractivity contribution in [3.05, 3.63) is 12.2 Å². The van der Waals surface area contributed by atoms with Crippen LogP contribution in [0.1, 0.15) is 13.3 Å². The average molecular weight is 154 g/mol. The van der Waals surface area contributed by atoms with E-state index in [1.807, 2.05) is 6.92 Å². The monoisotopic (exact) mass is 154 g/mol. The summed E-state index contributed by atoms with van der Waals surface area (Å²) in [7, 11) is 1.56. The van der Waals surface area contributed by atoms with Gasteiger partial charge in [-0.05, 0) is 13.3 Å². The van der Waals surface area contributed by atoms with Gasteiger partial charge in [-0.1, -0.05) is 17.3 Å². The van der Waals surface area contributed by atoms with E-state index < -0.39 is 0 Å². The average Bonchev–Trinajstić information content (AvgIpc) is 2.36. The smallest absolute Gasteiger partial charge is 0.106 e. The fourth-order valence-electron chi connectivity index (χ4n) is 1.20. The van der Waals surface area contributed by atoms with E-state index >= 15 is 0 Å². The fourth-order valence-corrected chi connectivity index (χ4v) is 1.20. The quantitative estimate of drug-likeness (QED) is 0.364. The van der Waals surface area contributed by atoms with Crippen LogP contribution in [0.5, 0.6) is 0 Å². The molecule has 11 heavy (non-hydrogen) atoms. The van der Waals surface area contributed by atoms with Gasteiger partial charge in [-0.3, -0.25) is 0 Å². The molecule has 3 heteroatoms. The molecule has 0 unspecified atom stereocenters. The first-order chi connectivity index (χ1) is 5.24. The molecule has 1 N–H and O–H groups in total. The Morgan fingerprint density at radius 2 is 2.55 bits per heavy atom. The van der Waals surface area contributed by atoms with Crippen LogP contribution in [0.3, 0.4) is 0 Å². The van der Waals surface area contributed by atoms with Crippen molar-refractivity contribution in [1.82, 2.24) is 5.32 Å². The van der Waals surface area contributed by atoms with E-state index in [4.69, 9.17) is 0 Å². The predicted octanol–water partition coefficient (Wildman–Crippen LogP) is 0.927. The van der Waals surface area contributed by atoms with Gasteiger partial charge >= 0.3 is 0 Å². The molecule has 1 rings (SSSR count). The number of hydrogen-bond donors (Lipinski definition) is 1. The zero-order chi connectivity index (χ0) is 8.27. The lowest BCUT2D eigenvalue weighted by atomic mass is 10.1. The summed E-state index contributed by atoms with van der Waals surface area (Å²) in [5.41, 5.74) is 2.23. The van der Waals surface area contributed by atoms with Crippen molar-refractivity contribution in [1.29, 1.82) is 0 Å². The molecule has 0 aromatic rings. The predicted molar refractivity (Wildman–Crippen MR) is 45.7 cm³/mol. The number of hydrogen-bond acceptors (Lipinski definition) is 3. The Hall–Kier alpha value is -0.830. The third-order valence-electron chi connectivity index (χ3n) is 1.83. The summed E-state index contributed by atoms with van der Waals surface area (Å²) in [6.07, 6.45) is 0.985. The number of rotatable bonds is 2. The van der Waals surface area contributed by atoms with Gasteiger partial charge in [0.1, 0.15) is 7.11 Å². The van der Waals surface area contributed by atoms with Gasteiger partial charge in [0.2, 0.25) is 0 Å². The van der Waals surface area contributed by atoms with Gasteiger partial charge in [0, 0.05) is 6.54 Å². The molecule has 0 bridgehead atoms. The van der Waals surface area contributed by atoms with E-state index in [0.717, 1.165) is 18.7 Å². The molecule has 1 aliphatic heterocycles. The minimum atomic E-state index is 0.336.